The molecule has 1 aliphatic heterocycles. The van der Waals surface area contributed by atoms with E-state index in [1.165, 1.54) is 0 Å². The molecule has 0 aliphatic carbocycles. The minimum absolute atomic E-state index is 0.0567. The molecule has 0 aromatic carbocycles. The van der Waals surface area contributed by atoms with Crippen LogP contribution in [0.15, 0.2) is 12.1 Å². The van der Waals surface area contributed by atoms with Gasteiger partial charge in [-0.05, 0) is 25.0 Å². The van der Waals surface area contributed by atoms with Gasteiger partial charge >= 0.3 is 0 Å². The maximum Gasteiger partial charge on any atom is 0.220 e. The maximum absolute atomic E-state index is 11.7. The highest BCUT2D eigenvalue weighted by atomic mass is 16.2. The number of nitrogen functional groups attached to an aromatic ring is 1. The van der Waals surface area contributed by atoms with Gasteiger partial charge in [0.05, 0.1) is 5.69 Å². The normalized spacial score (nSPS) is 17.6. The topological polar surface area (TPSA) is 91.7 Å². The highest BCUT2D eigenvalue weighted by Gasteiger charge is 2.30. The Balaban J connectivity index is 2.28. The molecule has 1 aromatic heterocycles. The lowest BCUT2D eigenvalue weighted by molar-refractivity contribution is -0.129. The van der Waals surface area contributed by atoms with Crippen LogP contribution in [0.25, 0.3) is 0 Å². The molecule has 2 rings (SSSR count). The van der Waals surface area contributed by atoms with E-state index in [1.54, 1.807) is 11.8 Å². The van der Waals surface area contributed by atoms with Crippen molar-refractivity contribution in [2.45, 2.75) is 25.9 Å². The molecule has 0 bridgehead atoms. The van der Waals surface area contributed by atoms with Crippen molar-refractivity contribution in [1.29, 1.82) is 0 Å². The molecular weight excluding hydrogens is 280 g/mol. The summed E-state index contributed by atoms with van der Waals surface area (Å²) in [4.78, 5) is 22.3. The van der Waals surface area contributed by atoms with Crippen LogP contribution in [0.1, 0.15) is 19.8 Å². The predicted octanol–water partition coefficient (Wildman–Crippen LogP) is 0.463. The van der Waals surface area contributed by atoms with E-state index < -0.39 is 0 Å². The van der Waals surface area contributed by atoms with Crippen LogP contribution in [-0.2, 0) is 4.79 Å². The number of nitrogens with two attached hydrogens (primary N) is 2. The Labute approximate surface area is 131 Å². The fraction of sp³-hybridized carbons (Fsp3) is 0.600. The van der Waals surface area contributed by atoms with Gasteiger partial charge < -0.3 is 26.2 Å². The van der Waals surface area contributed by atoms with E-state index in [-0.39, 0.29) is 12.1 Å². The molecule has 122 valence electrons. The third-order valence-corrected chi connectivity index (χ3v) is 4.18. The molecule has 0 radical (unpaired) electrons. The smallest absolute Gasteiger partial charge is 0.220 e. The van der Waals surface area contributed by atoms with Crippen LogP contribution in [0.4, 0.5) is 17.3 Å². The van der Waals surface area contributed by atoms with E-state index in [9.17, 15) is 4.79 Å². The first-order chi connectivity index (χ1) is 10.5. The predicted molar refractivity (Wildman–Crippen MR) is 89.8 cm³/mol. The van der Waals surface area contributed by atoms with Crippen molar-refractivity contribution in [3.8, 4) is 0 Å². The van der Waals surface area contributed by atoms with E-state index in [1.807, 2.05) is 31.1 Å². The second kappa shape index (κ2) is 6.83. The van der Waals surface area contributed by atoms with E-state index >= 15 is 0 Å². The summed E-state index contributed by atoms with van der Waals surface area (Å²) in [5.74, 6) is 1.65. The van der Waals surface area contributed by atoms with Gasteiger partial charge in [-0.2, -0.15) is 0 Å². The van der Waals surface area contributed by atoms with Crippen molar-refractivity contribution in [2.75, 3.05) is 49.3 Å². The summed E-state index contributed by atoms with van der Waals surface area (Å²) in [7, 11) is 3.77. The Bertz CT molecular complexity index is 535. The number of rotatable bonds is 5. The van der Waals surface area contributed by atoms with E-state index in [0.717, 1.165) is 31.0 Å². The molecule has 0 spiro atoms. The molecule has 1 saturated heterocycles. The zero-order valence-corrected chi connectivity index (χ0v) is 13.6. The average molecular weight is 306 g/mol. The highest BCUT2D eigenvalue weighted by molar-refractivity contribution is 5.74. The summed E-state index contributed by atoms with van der Waals surface area (Å²) in [6, 6.07) is 3.79. The summed E-state index contributed by atoms with van der Waals surface area (Å²) < 4.78 is 0. The summed E-state index contributed by atoms with van der Waals surface area (Å²) in [6.45, 7) is 3.71. The molecule has 2 heterocycles. The minimum Gasteiger partial charge on any atom is -0.396 e. The van der Waals surface area contributed by atoms with Crippen molar-refractivity contribution in [3.05, 3.63) is 12.1 Å². The molecular formula is C15H26N6O. The van der Waals surface area contributed by atoms with Gasteiger partial charge in [0.2, 0.25) is 5.91 Å². The number of hydrogen-bond donors (Lipinski definition) is 2. The number of carbonyl (C=O) groups excluding carboxylic acids is 1. The highest BCUT2D eigenvalue weighted by Crippen LogP contribution is 2.29. The Morgan fingerprint density at radius 2 is 2.18 bits per heavy atom. The van der Waals surface area contributed by atoms with E-state index in [0.29, 0.717) is 18.8 Å². The van der Waals surface area contributed by atoms with Crippen molar-refractivity contribution < 1.29 is 4.79 Å². The summed E-state index contributed by atoms with van der Waals surface area (Å²) in [5.41, 5.74) is 12.3. The molecule has 1 atom stereocenters. The van der Waals surface area contributed by atoms with Crippen LogP contribution in [0.3, 0.4) is 0 Å². The molecule has 7 heteroatoms. The minimum atomic E-state index is 0.0567. The van der Waals surface area contributed by atoms with Gasteiger partial charge in [-0.25, -0.2) is 4.98 Å². The first kappa shape index (κ1) is 16.4. The van der Waals surface area contributed by atoms with Crippen molar-refractivity contribution >= 4 is 23.2 Å². The first-order valence-electron chi connectivity index (χ1n) is 7.63. The fourth-order valence-electron chi connectivity index (χ4n) is 2.84. The van der Waals surface area contributed by atoms with Gasteiger partial charge in [0.15, 0.2) is 5.82 Å². The number of pyridine rings is 1. The molecule has 4 N–H and O–H groups in total. The number of amides is 1. The van der Waals surface area contributed by atoms with Gasteiger partial charge in [0, 0.05) is 40.7 Å². The number of aromatic nitrogens is 1. The zero-order chi connectivity index (χ0) is 16.3. The SMILES string of the molecule is CC(=O)N(C)C1CCCN1c1ccc(N)c(N(C)CCN)n1. The largest absolute Gasteiger partial charge is 0.396 e. The van der Waals surface area contributed by atoms with Crippen LogP contribution < -0.4 is 21.3 Å². The van der Waals surface area contributed by atoms with Gasteiger partial charge in [0.25, 0.3) is 0 Å². The molecule has 7 nitrogen and oxygen atoms in total. The molecule has 22 heavy (non-hydrogen) atoms. The van der Waals surface area contributed by atoms with Crippen LogP contribution in [0.2, 0.25) is 0 Å². The summed E-state index contributed by atoms with van der Waals surface area (Å²) >= 11 is 0. The first-order valence-corrected chi connectivity index (χ1v) is 7.63. The van der Waals surface area contributed by atoms with Crippen molar-refractivity contribution in [3.63, 3.8) is 0 Å². The fourth-order valence-corrected chi connectivity index (χ4v) is 2.84. The Morgan fingerprint density at radius 1 is 1.45 bits per heavy atom. The van der Waals surface area contributed by atoms with Gasteiger partial charge in [-0.1, -0.05) is 0 Å². The quantitative estimate of drug-likeness (QED) is 0.821. The molecule has 1 fully saturated rings. The third-order valence-electron chi connectivity index (χ3n) is 4.18. The third kappa shape index (κ3) is 3.24. The second-order valence-corrected chi connectivity index (χ2v) is 5.74. The van der Waals surface area contributed by atoms with E-state index in [2.05, 4.69) is 4.90 Å². The number of likely N-dealkylation sites (N-methyl/N-ethyl adjacent to an activating group) is 1. The molecule has 1 aliphatic rings. The zero-order valence-electron chi connectivity index (χ0n) is 13.6. The molecule has 1 aromatic rings. The number of carbonyl (C=O) groups is 1. The van der Waals surface area contributed by atoms with Crippen molar-refractivity contribution in [1.82, 2.24) is 9.88 Å². The molecule has 1 amide bonds. The average Bonchev–Trinajstić information content (AvgIpc) is 2.96. The lowest BCUT2D eigenvalue weighted by Crippen LogP contribution is -2.45. The number of anilines is 3. The lowest BCUT2D eigenvalue weighted by Gasteiger charge is -2.33. The summed E-state index contributed by atoms with van der Waals surface area (Å²) in [6.07, 6.45) is 2.06. The Morgan fingerprint density at radius 3 is 2.82 bits per heavy atom. The van der Waals surface area contributed by atoms with Crippen LogP contribution in [0, 0.1) is 0 Å². The summed E-state index contributed by atoms with van der Waals surface area (Å²) in [5, 5.41) is 0. The Hall–Kier alpha value is -2.02. The van der Waals surface area contributed by atoms with Gasteiger partial charge in [-0.15, -0.1) is 0 Å². The van der Waals surface area contributed by atoms with Crippen LogP contribution in [0.5, 0.6) is 0 Å². The standard InChI is InChI=1S/C15H26N6O/c1-11(22)20(3)14-5-4-9-21(14)13-7-6-12(17)15(18-13)19(2)10-8-16/h6-7,14H,4-5,8-10,16-17H2,1-3H3. The lowest BCUT2D eigenvalue weighted by atomic mass is 10.3. The van der Waals surface area contributed by atoms with Crippen molar-refractivity contribution in [2.24, 2.45) is 5.73 Å². The number of nitrogens with zero attached hydrogens (tertiary/aromatic N) is 4. The van der Waals surface area contributed by atoms with Gasteiger partial charge in [-0.3, -0.25) is 4.79 Å². The second-order valence-electron chi connectivity index (χ2n) is 5.74. The molecule has 0 saturated carbocycles. The van der Waals surface area contributed by atoms with Gasteiger partial charge in [0.1, 0.15) is 12.0 Å². The Kier molecular flexibility index (Phi) is 5.07. The van der Waals surface area contributed by atoms with Crippen LogP contribution >= 0.6 is 0 Å². The molecule has 1 unspecified atom stereocenters. The maximum atomic E-state index is 11.7. The number of hydrogen-bond acceptors (Lipinski definition) is 6. The van der Waals surface area contributed by atoms with E-state index in [4.69, 9.17) is 16.5 Å². The monoisotopic (exact) mass is 306 g/mol. The van der Waals surface area contributed by atoms with Crippen LogP contribution in [-0.4, -0.2) is 55.7 Å².